The number of aromatic nitrogens is 3. The topological polar surface area (TPSA) is 85.6 Å². The Morgan fingerprint density at radius 2 is 1.94 bits per heavy atom. The van der Waals surface area contributed by atoms with Crippen LogP contribution in [0.25, 0.3) is 0 Å². The lowest BCUT2D eigenvalue weighted by Gasteiger charge is -2.36. The highest BCUT2D eigenvalue weighted by atomic mass is 127. The van der Waals surface area contributed by atoms with Crippen molar-refractivity contribution in [2.45, 2.75) is 45.1 Å². The van der Waals surface area contributed by atoms with Crippen molar-refractivity contribution in [1.82, 2.24) is 25.4 Å². The van der Waals surface area contributed by atoms with Crippen molar-refractivity contribution in [3.63, 3.8) is 0 Å². The van der Waals surface area contributed by atoms with Gasteiger partial charge >= 0.3 is 0 Å². The predicted molar refractivity (Wildman–Crippen MR) is 134 cm³/mol. The van der Waals surface area contributed by atoms with E-state index >= 15 is 0 Å². The molecule has 0 radical (unpaired) electrons. The summed E-state index contributed by atoms with van der Waals surface area (Å²) in [5.41, 5.74) is 1.28. The number of nitrogens with zero attached hydrogens (tertiary/aromatic N) is 4. The first-order chi connectivity index (χ1) is 14.7. The van der Waals surface area contributed by atoms with Gasteiger partial charge in [0.2, 0.25) is 0 Å². The van der Waals surface area contributed by atoms with Gasteiger partial charge in [-0.2, -0.15) is 0 Å². The van der Waals surface area contributed by atoms with Crippen molar-refractivity contribution >= 4 is 29.9 Å². The highest BCUT2D eigenvalue weighted by Crippen LogP contribution is 2.36. The first-order valence-electron chi connectivity index (χ1n) is 10.8. The Kier molecular flexibility index (Phi) is 10.5. The minimum absolute atomic E-state index is 0. The van der Waals surface area contributed by atoms with Crippen LogP contribution in [-0.4, -0.2) is 60.7 Å². The number of hydrogen-bond acceptors (Lipinski definition) is 5. The third kappa shape index (κ3) is 6.80. The number of nitrogens with one attached hydrogen (secondary N) is 2. The molecule has 0 unspecified atom stereocenters. The molecule has 1 aromatic carbocycles. The number of rotatable bonds is 9. The van der Waals surface area contributed by atoms with Crippen LogP contribution in [-0.2, 0) is 23.1 Å². The van der Waals surface area contributed by atoms with Gasteiger partial charge in [-0.15, -0.1) is 34.2 Å². The smallest absolute Gasteiger partial charge is 0.191 e. The Morgan fingerprint density at radius 1 is 1.19 bits per heavy atom. The third-order valence-electron chi connectivity index (χ3n) is 5.69. The Balaban J connectivity index is 0.00000341. The van der Waals surface area contributed by atoms with Crippen LogP contribution in [0.5, 0.6) is 5.75 Å². The second-order valence-electron chi connectivity index (χ2n) is 7.54. The summed E-state index contributed by atoms with van der Waals surface area (Å²) >= 11 is 0. The first-order valence-corrected chi connectivity index (χ1v) is 10.8. The van der Waals surface area contributed by atoms with E-state index < -0.39 is 0 Å². The molecule has 1 aromatic heterocycles. The second kappa shape index (κ2) is 12.8. The van der Waals surface area contributed by atoms with Crippen LogP contribution in [0.4, 0.5) is 0 Å². The first kappa shape index (κ1) is 25.4. The molecular formula is C22H35IN6O2. The van der Waals surface area contributed by atoms with Gasteiger partial charge in [0.25, 0.3) is 0 Å². The monoisotopic (exact) mass is 542 g/mol. The average Bonchev–Trinajstić information content (AvgIpc) is 3.25. The van der Waals surface area contributed by atoms with Gasteiger partial charge in [0.15, 0.2) is 5.96 Å². The highest BCUT2D eigenvalue weighted by Gasteiger charge is 2.34. The fraction of sp³-hybridized carbons (Fsp3) is 0.591. The molecule has 8 nitrogen and oxygen atoms in total. The van der Waals surface area contributed by atoms with Gasteiger partial charge in [-0.05, 0) is 37.5 Å². The van der Waals surface area contributed by atoms with Gasteiger partial charge < -0.3 is 24.7 Å². The van der Waals surface area contributed by atoms with E-state index in [4.69, 9.17) is 14.5 Å². The van der Waals surface area contributed by atoms with E-state index in [2.05, 4.69) is 51.4 Å². The zero-order valence-corrected chi connectivity index (χ0v) is 21.1. The molecule has 3 rings (SSSR count). The van der Waals surface area contributed by atoms with E-state index in [1.54, 1.807) is 13.4 Å². The molecule has 0 aliphatic carbocycles. The average molecular weight is 542 g/mol. The number of ether oxygens (including phenoxy) is 2. The predicted octanol–water partition coefficient (Wildman–Crippen LogP) is 2.77. The highest BCUT2D eigenvalue weighted by molar-refractivity contribution is 14.0. The molecule has 0 amide bonds. The van der Waals surface area contributed by atoms with E-state index in [0.717, 1.165) is 69.6 Å². The number of benzene rings is 1. The summed E-state index contributed by atoms with van der Waals surface area (Å²) in [5.74, 6) is 2.71. The van der Waals surface area contributed by atoms with E-state index in [0.29, 0.717) is 6.54 Å². The minimum atomic E-state index is -0.0173. The van der Waals surface area contributed by atoms with Crippen LogP contribution < -0.4 is 15.4 Å². The Labute approximate surface area is 202 Å². The molecule has 9 heteroatoms. The van der Waals surface area contributed by atoms with Crippen molar-refractivity contribution in [3.05, 3.63) is 42.0 Å². The molecule has 1 fully saturated rings. The molecule has 1 aliphatic rings. The fourth-order valence-electron chi connectivity index (χ4n) is 3.85. The Hall–Kier alpha value is -1.88. The number of aryl methyl sites for hydroxylation is 1. The molecule has 1 aliphatic heterocycles. The summed E-state index contributed by atoms with van der Waals surface area (Å²) in [6, 6.07) is 8.39. The van der Waals surface area contributed by atoms with Gasteiger partial charge in [0.1, 0.15) is 17.9 Å². The zero-order chi connectivity index (χ0) is 21.2. The summed E-state index contributed by atoms with van der Waals surface area (Å²) in [7, 11) is 1.70. The van der Waals surface area contributed by atoms with Crippen LogP contribution >= 0.6 is 24.0 Å². The van der Waals surface area contributed by atoms with Gasteiger partial charge in [0.05, 0.1) is 13.7 Å². The standard InChI is InChI=1S/C22H34N6O2.HI/c1-4-20-27-26-17-28(20)13-12-24-21(23-5-2)25-16-22(10-14-30-15-11-22)18-6-8-19(29-3)9-7-18;/h6-9,17H,4-5,10-16H2,1-3H3,(H2,23,24,25);1H. The molecule has 2 N–H and O–H groups in total. The lowest BCUT2D eigenvalue weighted by molar-refractivity contribution is 0.0531. The van der Waals surface area contributed by atoms with Crippen LogP contribution in [0.15, 0.2) is 35.6 Å². The van der Waals surface area contributed by atoms with Crippen molar-refractivity contribution in [3.8, 4) is 5.75 Å². The quantitative estimate of drug-likeness (QED) is 0.288. The number of guanidine groups is 1. The van der Waals surface area contributed by atoms with Crippen LogP contribution in [0.1, 0.15) is 38.1 Å². The van der Waals surface area contributed by atoms with Crippen LogP contribution in [0.2, 0.25) is 0 Å². The molecule has 2 aromatic rings. The van der Waals surface area contributed by atoms with Gasteiger partial charge in [-0.1, -0.05) is 19.1 Å². The molecule has 0 atom stereocenters. The van der Waals surface area contributed by atoms with Gasteiger partial charge in [-0.3, -0.25) is 4.99 Å². The second-order valence-corrected chi connectivity index (χ2v) is 7.54. The van der Waals surface area contributed by atoms with Crippen LogP contribution in [0.3, 0.4) is 0 Å². The molecule has 0 saturated carbocycles. The van der Waals surface area contributed by atoms with Crippen molar-refractivity contribution in [1.29, 1.82) is 0 Å². The largest absolute Gasteiger partial charge is 0.497 e. The lowest BCUT2D eigenvalue weighted by atomic mass is 9.74. The fourth-order valence-corrected chi connectivity index (χ4v) is 3.85. The number of halogens is 1. The van der Waals surface area contributed by atoms with E-state index in [9.17, 15) is 0 Å². The van der Waals surface area contributed by atoms with Crippen LogP contribution in [0, 0.1) is 0 Å². The molecule has 31 heavy (non-hydrogen) atoms. The molecule has 2 heterocycles. The summed E-state index contributed by atoms with van der Waals surface area (Å²) < 4.78 is 13.1. The Morgan fingerprint density at radius 3 is 2.58 bits per heavy atom. The van der Waals surface area contributed by atoms with Crippen molar-refractivity contribution < 1.29 is 9.47 Å². The van der Waals surface area contributed by atoms with Crippen molar-refractivity contribution in [2.24, 2.45) is 4.99 Å². The number of methoxy groups -OCH3 is 1. The summed E-state index contributed by atoms with van der Waals surface area (Å²) in [6.45, 7) is 8.79. The number of hydrogen-bond donors (Lipinski definition) is 2. The molecule has 0 bridgehead atoms. The maximum atomic E-state index is 5.65. The molecule has 0 spiro atoms. The van der Waals surface area contributed by atoms with E-state index in [1.807, 2.05) is 12.1 Å². The summed E-state index contributed by atoms with van der Waals surface area (Å²) in [6.07, 6.45) is 4.58. The summed E-state index contributed by atoms with van der Waals surface area (Å²) in [4.78, 5) is 4.96. The molecule has 1 saturated heterocycles. The third-order valence-corrected chi connectivity index (χ3v) is 5.69. The lowest BCUT2D eigenvalue weighted by Crippen LogP contribution is -2.42. The number of aliphatic imine (C=N–C) groups is 1. The van der Waals surface area contributed by atoms with E-state index in [-0.39, 0.29) is 29.4 Å². The van der Waals surface area contributed by atoms with E-state index in [1.165, 1.54) is 5.56 Å². The minimum Gasteiger partial charge on any atom is -0.497 e. The van der Waals surface area contributed by atoms with Gasteiger partial charge in [0, 0.05) is 44.7 Å². The SMILES string of the molecule is CCNC(=NCC1(c2ccc(OC)cc2)CCOCC1)NCCn1cnnc1CC.I. The normalized spacial score (nSPS) is 15.8. The maximum Gasteiger partial charge on any atom is 0.191 e. The van der Waals surface area contributed by atoms with Gasteiger partial charge in [-0.25, -0.2) is 0 Å². The summed E-state index contributed by atoms with van der Waals surface area (Å²) in [5, 5.41) is 15.0. The van der Waals surface area contributed by atoms with Crippen molar-refractivity contribution in [2.75, 3.05) is 40.0 Å². The molecular weight excluding hydrogens is 507 g/mol. The Bertz CT molecular complexity index is 803. The maximum absolute atomic E-state index is 5.65. The molecule has 172 valence electrons. The zero-order valence-electron chi connectivity index (χ0n) is 18.8.